The number of sulfonamides is 1. The van der Waals surface area contributed by atoms with Crippen molar-refractivity contribution in [3.63, 3.8) is 0 Å². The topological polar surface area (TPSA) is 86.8 Å². The molecule has 1 atom stereocenters. The highest BCUT2D eigenvalue weighted by atomic mass is 32.2. The standard InChI is InChI=1S/C28H39N3O4S/c1-22-16-18-24(19-17-22)21-30(23(2)28(33)29-25-11-6-4-7-12-25)27(32)15-10-20-31(36(3,34)35)26-13-8-5-9-14-26/h5,8-9,13-14,16-19,23,25H,4,6-7,10-12,15,20-21H2,1-3H3,(H,29,33)/t23-/m0/s1. The molecule has 1 fully saturated rings. The van der Waals surface area contributed by atoms with Crippen molar-refractivity contribution in [3.05, 3.63) is 65.7 Å². The summed E-state index contributed by atoms with van der Waals surface area (Å²) >= 11 is 0. The van der Waals surface area contributed by atoms with Gasteiger partial charge in [-0.1, -0.05) is 67.3 Å². The van der Waals surface area contributed by atoms with Crippen LogP contribution in [0.5, 0.6) is 0 Å². The van der Waals surface area contributed by atoms with Gasteiger partial charge in [-0.25, -0.2) is 8.42 Å². The number of nitrogens with zero attached hydrogens (tertiary/aromatic N) is 2. The van der Waals surface area contributed by atoms with Gasteiger partial charge in [0.2, 0.25) is 21.8 Å². The van der Waals surface area contributed by atoms with E-state index in [2.05, 4.69) is 5.32 Å². The molecule has 0 aliphatic heterocycles. The average Bonchev–Trinajstić information content (AvgIpc) is 2.86. The maximum absolute atomic E-state index is 13.4. The summed E-state index contributed by atoms with van der Waals surface area (Å²) in [6.07, 6.45) is 7.05. The first-order valence-corrected chi connectivity index (χ1v) is 14.7. The summed E-state index contributed by atoms with van der Waals surface area (Å²) in [5.41, 5.74) is 2.65. The summed E-state index contributed by atoms with van der Waals surface area (Å²) in [4.78, 5) is 28.1. The highest BCUT2D eigenvalue weighted by Crippen LogP contribution is 2.20. The fourth-order valence-electron chi connectivity index (χ4n) is 4.64. The lowest BCUT2D eigenvalue weighted by atomic mass is 9.95. The SMILES string of the molecule is Cc1ccc(CN(C(=O)CCCN(c2ccccc2)S(C)(=O)=O)[C@@H](C)C(=O)NC2CCCCC2)cc1. The molecule has 1 aliphatic rings. The van der Waals surface area contributed by atoms with Crippen molar-refractivity contribution < 1.29 is 18.0 Å². The summed E-state index contributed by atoms with van der Waals surface area (Å²) in [6, 6.07) is 16.4. The molecule has 2 aromatic rings. The van der Waals surface area contributed by atoms with Gasteiger partial charge < -0.3 is 10.2 Å². The third-order valence-corrected chi connectivity index (χ3v) is 7.98. The number of hydrogen-bond acceptors (Lipinski definition) is 4. The van der Waals surface area contributed by atoms with Crippen molar-refractivity contribution in [2.75, 3.05) is 17.1 Å². The molecule has 7 nitrogen and oxygen atoms in total. The van der Waals surface area contributed by atoms with E-state index in [1.165, 1.54) is 17.0 Å². The van der Waals surface area contributed by atoms with Crippen LogP contribution < -0.4 is 9.62 Å². The zero-order valence-electron chi connectivity index (χ0n) is 21.7. The molecule has 36 heavy (non-hydrogen) atoms. The Labute approximate surface area is 215 Å². The van der Waals surface area contributed by atoms with Crippen LogP contribution in [0.25, 0.3) is 0 Å². The smallest absolute Gasteiger partial charge is 0.242 e. The number of carbonyl (C=O) groups excluding carboxylic acids is 2. The number of aryl methyl sites for hydroxylation is 1. The fraction of sp³-hybridized carbons (Fsp3) is 0.500. The van der Waals surface area contributed by atoms with Gasteiger partial charge in [0.25, 0.3) is 0 Å². The Balaban J connectivity index is 1.69. The normalized spacial score (nSPS) is 15.2. The van der Waals surface area contributed by atoms with Gasteiger partial charge >= 0.3 is 0 Å². The molecule has 2 aromatic carbocycles. The van der Waals surface area contributed by atoms with E-state index < -0.39 is 16.1 Å². The van der Waals surface area contributed by atoms with Gasteiger partial charge in [0.05, 0.1) is 11.9 Å². The summed E-state index contributed by atoms with van der Waals surface area (Å²) < 4.78 is 26.1. The predicted octanol–water partition coefficient (Wildman–Crippen LogP) is 4.41. The minimum Gasteiger partial charge on any atom is -0.352 e. The van der Waals surface area contributed by atoms with E-state index in [9.17, 15) is 18.0 Å². The van der Waals surface area contributed by atoms with Crippen LogP contribution in [0.15, 0.2) is 54.6 Å². The molecule has 3 rings (SSSR count). The highest BCUT2D eigenvalue weighted by Gasteiger charge is 2.28. The lowest BCUT2D eigenvalue weighted by molar-refractivity contribution is -0.141. The van der Waals surface area contributed by atoms with Crippen LogP contribution >= 0.6 is 0 Å². The van der Waals surface area contributed by atoms with E-state index in [1.807, 2.05) is 37.3 Å². The average molecular weight is 514 g/mol. The Morgan fingerprint density at radius 1 is 1.00 bits per heavy atom. The predicted molar refractivity (Wildman–Crippen MR) is 144 cm³/mol. The number of nitrogens with one attached hydrogen (secondary N) is 1. The van der Waals surface area contributed by atoms with E-state index >= 15 is 0 Å². The van der Waals surface area contributed by atoms with Crippen molar-refractivity contribution in [2.24, 2.45) is 0 Å². The zero-order chi connectivity index (χ0) is 26.1. The Bertz CT molecular complexity index is 1100. The monoisotopic (exact) mass is 513 g/mol. The van der Waals surface area contributed by atoms with Gasteiger partial charge in [0.1, 0.15) is 6.04 Å². The van der Waals surface area contributed by atoms with Crippen LogP contribution in [0, 0.1) is 6.92 Å². The van der Waals surface area contributed by atoms with E-state index in [0.29, 0.717) is 18.7 Å². The fourth-order valence-corrected chi connectivity index (χ4v) is 5.61. The van der Waals surface area contributed by atoms with Gasteiger partial charge in [0.15, 0.2) is 0 Å². The minimum absolute atomic E-state index is 0.135. The first kappa shape index (κ1) is 27.7. The van der Waals surface area contributed by atoms with Gasteiger partial charge in [-0.2, -0.15) is 0 Å². The van der Waals surface area contributed by atoms with Crippen molar-refractivity contribution in [1.29, 1.82) is 0 Å². The molecule has 8 heteroatoms. The van der Waals surface area contributed by atoms with Crippen LogP contribution in [0.1, 0.15) is 63.0 Å². The Morgan fingerprint density at radius 2 is 1.64 bits per heavy atom. The Morgan fingerprint density at radius 3 is 2.25 bits per heavy atom. The molecule has 0 heterocycles. The van der Waals surface area contributed by atoms with Gasteiger partial charge in [-0.3, -0.25) is 13.9 Å². The van der Waals surface area contributed by atoms with E-state index in [-0.39, 0.29) is 30.8 Å². The Hall–Kier alpha value is -2.87. The molecule has 0 aromatic heterocycles. The number of benzene rings is 2. The molecular formula is C28H39N3O4S. The number of para-hydroxylation sites is 1. The van der Waals surface area contributed by atoms with Crippen molar-refractivity contribution >= 4 is 27.5 Å². The number of anilines is 1. The molecule has 1 aliphatic carbocycles. The lowest BCUT2D eigenvalue weighted by Crippen LogP contribution is -2.50. The molecule has 0 radical (unpaired) electrons. The highest BCUT2D eigenvalue weighted by molar-refractivity contribution is 7.92. The molecule has 2 amide bonds. The van der Waals surface area contributed by atoms with Gasteiger partial charge in [0, 0.05) is 25.6 Å². The van der Waals surface area contributed by atoms with Crippen molar-refractivity contribution in [2.45, 2.75) is 77.4 Å². The second-order valence-electron chi connectivity index (χ2n) is 9.80. The second kappa shape index (κ2) is 12.9. The third-order valence-electron chi connectivity index (χ3n) is 6.79. The number of hydrogen-bond donors (Lipinski definition) is 1. The van der Waals surface area contributed by atoms with Crippen LogP contribution in [-0.4, -0.2) is 50.0 Å². The van der Waals surface area contributed by atoms with Crippen LogP contribution in [0.4, 0.5) is 5.69 Å². The molecule has 196 valence electrons. The van der Waals surface area contributed by atoms with Crippen molar-refractivity contribution in [1.82, 2.24) is 10.2 Å². The van der Waals surface area contributed by atoms with Gasteiger partial charge in [-0.05, 0) is 50.8 Å². The van der Waals surface area contributed by atoms with E-state index in [4.69, 9.17) is 0 Å². The molecule has 0 bridgehead atoms. The maximum Gasteiger partial charge on any atom is 0.242 e. The zero-order valence-corrected chi connectivity index (χ0v) is 22.5. The van der Waals surface area contributed by atoms with Crippen LogP contribution in [-0.2, 0) is 26.2 Å². The number of rotatable bonds is 11. The third kappa shape index (κ3) is 8.08. The summed E-state index contributed by atoms with van der Waals surface area (Å²) in [6.45, 7) is 4.30. The molecule has 0 unspecified atom stereocenters. The quantitative estimate of drug-likeness (QED) is 0.482. The largest absolute Gasteiger partial charge is 0.352 e. The molecule has 1 saturated carbocycles. The van der Waals surface area contributed by atoms with Gasteiger partial charge in [-0.15, -0.1) is 0 Å². The van der Waals surface area contributed by atoms with E-state index in [0.717, 1.165) is 36.8 Å². The first-order chi connectivity index (χ1) is 17.1. The molecular weight excluding hydrogens is 474 g/mol. The second-order valence-corrected chi connectivity index (χ2v) is 11.7. The summed E-state index contributed by atoms with van der Waals surface area (Å²) in [5.74, 6) is -0.298. The van der Waals surface area contributed by atoms with E-state index in [1.54, 1.807) is 36.1 Å². The minimum atomic E-state index is -3.49. The molecule has 0 spiro atoms. The molecule has 1 N–H and O–H groups in total. The first-order valence-electron chi connectivity index (χ1n) is 12.8. The summed E-state index contributed by atoms with van der Waals surface area (Å²) in [5, 5.41) is 3.14. The molecule has 0 saturated heterocycles. The van der Waals surface area contributed by atoms with Crippen LogP contribution in [0.3, 0.4) is 0 Å². The summed E-state index contributed by atoms with van der Waals surface area (Å²) in [7, 11) is -3.49. The number of carbonyl (C=O) groups is 2. The Kier molecular flexibility index (Phi) is 9.93. The number of amides is 2. The van der Waals surface area contributed by atoms with Crippen LogP contribution in [0.2, 0.25) is 0 Å². The lowest BCUT2D eigenvalue weighted by Gasteiger charge is -2.31. The van der Waals surface area contributed by atoms with Crippen molar-refractivity contribution in [3.8, 4) is 0 Å². The maximum atomic E-state index is 13.4.